The van der Waals surface area contributed by atoms with Gasteiger partial charge in [0.2, 0.25) is 17.7 Å². The van der Waals surface area contributed by atoms with Crippen LogP contribution in [0.1, 0.15) is 19.8 Å². The number of carboxylic acids is 1. The molecule has 0 spiro atoms. The maximum Gasteiger partial charge on any atom is 0.322 e. The van der Waals surface area contributed by atoms with Crippen LogP contribution < -0.4 is 16.4 Å². The monoisotopic (exact) mass is 349 g/mol. The average Bonchev–Trinajstić information content (AvgIpc) is 2.40. The standard InChI is InChI=1S/C12H19N5O5.ClH/c1-6(18)17-9(10(21)16-5-8(19)20)7(11(17)22)3-2-4-15-12(13)14;/h7,9H,2-5H2,1H3,(H,16,21)(H,19,20)(H4,13,14,15);1H. The number of amides is 3. The topological polar surface area (TPSA) is 166 Å². The van der Waals surface area contributed by atoms with E-state index in [0.29, 0.717) is 19.4 Å². The number of hydrogen-bond donors (Lipinski definition) is 5. The van der Waals surface area contributed by atoms with E-state index in [1.165, 1.54) is 6.92 Å². The third-order valence-electron chi connectivity index (χ3n) is 3.24. The van der Waals surface area contributed by atoms with Crippen LogP contribution in [0, 0.1) is 11.3 Å². The Morgan fingerprint density at radius 2 is 1.96 bits per heavy atom. The second-order valence-corrected chi connectivity index (χ2v) is 4.87. The summed E-state index contributed by atoms with van der Waals surface area (Å²) < 4.78 is 0. The quantitative estimate of drug-likeness (QED) is 0.157. The van der Waals surface area contributed by atoms with Gasteiger partial charge in [0.15, 0.2) is 5.96 Å². The Hall–Kier alpha value is -2.36. The van der Waals surface area contributed by atoms with Crippen LogP contribution in [0.2, 0.25) is 0 Å². The van der Waals surface area contributed by atoms with E-state index in [1.54, 1.807) is 0 Å². The van der Waals surface area contributed by atoms with Crippen LogP contribution >= 0.6 is 12.4 Å². The second kappa shape index (κ2) is 8.93. The van der Waals surface area contributed by atoms with E-state index in [0.717, 1.165) is 4.90 Å². The largest absolute Gasteiger partial charge is 0.480 e. The molecule has 1 fully saturated rings. The molecule has 10 nitrogen and oxygen atoms in total. The predicted molar refractivity (Wildman–Crippen MR) is 81.8 cm³/mol. The number of nitrogens with zero attached hydrogens (tertiary/aromatic N) is 1. The summed E-state index contributed by atoms with van der Waals surface area (Å²) in [5.74, 6) is -3.76. The molecule has 23 heavy (non-hydrogen) atoms. The van der Waals surface area contributed by atoms with Gasteiger partial charge in [-0.05, 0) is 12.8 Å². The van der Waals surface area contributed by atoms with Gasteiger partial charge in [-0.25, -0.2) is 0 Å². The lowest BCUT2D eigenvalue weighted by molar-refractivity contribution is -0.170. The minimum absolute atomic E-state index is 0. The number of halogens is 1. The van der Waals surface area contributed by atoms with E-state index in [9.17, 15) is 19.2 Å². The van der Waals surface area contributed by atoms with E-state index in [1.807, 2.05) is 0 Å². The minimum Gasteiger partial charge on any atom is -0.480 e. The summed E-state index contributed by atoms with van der Waals surface area (Å²) in [6.07, 6.45) is 0.804. The van der Waals surface area contributed by atoms with E-state index in [2.05, 4.69) is 10.6 Å². The van der Waals surface area contributed by atoms with Crippen molar-refractivity contribution in [2.24, 2.45) is 11.7 Å². The van der Waals surface area contributed by atoms with Crippen molar-refractivity contribution in [3.8, 4) is 0 Å². The molecule has 1 rings (SSSR count). The maximum atomic E-state index is 12.0. The van der Waals surface area contributed by atoms with Crippen LogP contribution in [0.25, 0.3) is 0 Å². The highest BCUT2D eigenvalue weighted by Gasteiger charge is 2.52. The number of β-lactam (4-membered cyclic amide) rings is 1. The highest BCUT2D eigenvalue weighted by Crippen LogP contribution is 2.30. The number of hydrogen-bond acceptors (Lipinski definition) is 5. The van der Waals surface area contributed by atoms with Gasteiger partial charge in [-0.15, -0.1) is 12.4 Å². The van der Waals surface area contributed by atoms with E-state index in [4.69, 9.17) is 16.2 Å². The number of likely N-dealkylation sites (tertiary alicyclic amines) is 1. The molecule has 1 aliphatic heterocycles. The first kappa shape index (κ1) is 20.6. The Kier molecular flexibility index (Phi) is 8.02. The molecule has 1 heterocycles. The van der Waals surface area contributed by atoms with Gasteiger partial charge in [0.1, 0.15) is 12.6 Å². The molecule has 130 valence electrons. The molecule has 3 amide bonds. The van der Waals surface area contributed by atoms with Gasteiger partial charge in [0, 0.05) is 13.5 Å². The number of carbonyl (C=O) groups excluding carboxylic acids is 3. The zero-order valence-electron chi connectivity index (χ0n) is 12.5. The molecule has 11 heteroatoms. The van der Waals surface area contributed by atoms with E-state index < -0.39 is 42.2 Å². The van der Waals surface area contributed by atoms with Crippen molar-refractivity contribution in [1.82, 2.24) is 15.5 Å². The number of carboxylic acid groups (broad SMARTS) is 1. The Morgan fingerprint density at radius 1 is 1.35 bits per heavy atom. The molecule has 0 aromatic heterocycles. The molecule has 0 aromatic carbocycles. The van der Waals surface area contributed by atoms with Gasteiger partial charge in [-0.1, -0.05) is 0 Å². The van der Waals surface area contributed by atoms with Crippen LogP contribution in [0.4, 0.5) is 0 Å². The lowest BCUT2D eigenvalue weighted by Gasteiger charge is -2.44. The van der Waals surface area contributed by atoms with E-state index >= 15 is 0 Å². The van der Waals surface area contributed by atoms with Gasteiger partial charge in [0.05, 0.1) is 5.92 Å². The molecule has 0 bridgehead atoms. The Bertz CT molecular complexity index is 512. The molecule has 0 radical (unpaired) electrons. The summed E-state index contributed by atoms with van der Waals surface area (Å²) in [5.41, 5.74) is 5.12. The Morgan fingerprint density at radius 3 is 2.43 bits per heavy atom. The van der Waals surface area contributed by atoms with Crippen LogP contribution in [-0.2, 0) is 19.2 Å². The summed E-state index contributed by atoms with van der Waals surface area (Å²) in [7, 11) is 0. The summed E-state index contributed by atoms with van der Waals surface area (Å²) in [6, 6.07) is -0.985. The minimum atomic E-state index is -1.21. The molecule has 2 unspecified atom stereocenters. The molecular formula is C12H20ClN5O5. The van der Waals surface area contributed by atoms with Gasteiger partial charge in [-0.2, -0.15) is 0 Å². The number of nitrogens with one attached hydrogen (secondary N) is 3. The number of rotatable bonds is 7. The first-order valence-corrected chi connectivity index (χ1v) is 6.66. The van der Waals surface area contributed by atoms with Crippen molar-refractivity contribution in [2.45, 2.75) is 25.8 Å². The molecule has 2 atom stereocenters. The van der Waals surface area contributed by atoms with Crippen molar-refractivity contribution >= 4 is 42.1 Å². The summed E-state index contributed by atoms with van der Waals surface area (Å²) >= 11 is 0. The van der Waals surface area contributed by atoms with Crippen molar-refractivity contribution in [1.29, 1.82) is 5.41 Å². The third-order valence-corrected chi connectivity index (χ3v) is 3.24. The van der Waals surface area contributed by atoms with Gasteiger partial charge < -0.3 is 21.5 Å². The van der Waals surface area contributed by atoms with E-state index in [-0.39, 0.29) is 18.4 Å². The fourth-order valence-electron chi connectivity index (χ4n) is 2.29. The highest BCUT2D eigenvalue weighted by molar-refractivity contribution is 6.09. The lowest BCUT2D eigenvalue weighted by atomic mass is 9.83. The zero-order chi connectivity index (χ0) is 16.9. The first-order chi connectivity index (χ1) is 10.3. The SMILES string of the molecule is CC(=O)N1C(=O)C(CCCNC(=N)N)C1C(=O)NCC(=O)O.Cl. The van der Waals surface area contributed by atoms with Gasteiger partial charge in [-0.3, -0.25) is 29.5 Å². The summed E-state index contributed by atoms with van der Waals surface area (Å²) in [6.45, 7) is 0.958. The van der Waals surface area contributed by atoms with Gasteiger partial charge in [0.25, 0.3) is 0 Å². The molecule has 6 N–H and O–H groups in total. The molecule has 1 saturated heterocycles. The predicted octanol–water partition coefficient (Wildman–Crippen LogP) is -1.75. The van der Waals surface area contributed by atoms with Crippen LogP contribution in [0.15, 0.2) is 0 Å². The average molecular weight is 350 g/mol. The number of imide groups is 1. The molecule has 0 aliphatic carbocycles. The number of aliphatic carboxylic acids is 1. The second-order valence-electron chi connectivity index (χ2n) is 4.87. The van der Waals surface area contributed by atoms with Crippen LogP contribution in [0.5, 0.6) is 0 Å². The summed E-state index contributed by atoms with van der Waals surface area (Å²) in [4.78, 5) is 46.6. The Balaban J connectivity index is 0.00000484. The fraction of sp³-hybridized carbons (Fsp3) is 0.583. The normalized spacial score (nSPS) is 19.2. The third kappa shape index (κ3) is 5.40. The van der Waals surface area contributed by atoms with Crippen LogP contribution in [-0.4, -0.2) is 58.8 Å². The van der Waals surface area contributed by atoms with Crippen molar-refractivity contribution in [3.63, 3.8) is 0 Å². The fourth-order valence-corrected chi connectivity index (χ4v) is 2.29. The molecule has 0 saturated carbocycles. The first-order valence-electron chi connectivity index (χ1n) is 6.66. The Labute approximate surface area is 138 Å². The number of nitrogens with two attached hydrogens (primary N) is 1. The highest BCUT2D eigenvalue weighted by atomic mass is 35.5. The van der Waals surface area contributed by atoms with Crippen LogP contribution in [0.3, 0.4) is 0 Å². The summed E-state index contributed by atoms with van der Waals surface area (Å²) in [5, 5.41) is 20.3. The van der Waals surface area contributed by atoms with Crippen molar-refractivity contribution in [2.75, 3.05) is 13.1 Å². The number of carbonyl (C=O) groups is 4. The smallest absolute Gasteiger partial charge is 0.322 e. The molecule has 1 aliphatic rings. The maximum absolute atomic E-state index is 12.0. The number of guanidine groups is 1. The lowest BCUT2D eigenvalue weighted by Crippen LogP contribution is -2.68. The molecule has 0 aromatic rings. The van der Waals surface area contributed by atoms with Gasteiger partial charge >= 0.3 is 5.97 Å². The zero-order valence-corrected chi connectivity index (χ0v) is 13.3. The van der Waals surface area contributed by atoms with Crippen molar-refractivity contribution < 1.29 is 24.3 Å². The molecular weight excluding hydrogens is 330 g/mol. The van der Waals surface area contributed by atoms with Crippen molar-refractivity contribution in [3.05, 3.63) is 0 Å².